The zero-order valence-corrected chi connectivity index (χ0v) is 18.3. The first-order valence-electron chi connectivity index (χ1n) is 9.74. The fraction of sp³-hybridized carbons (Fsp3) is 0.238. The molecular weight excluding hydrogens is 434 g/mol. The van der Waals surface area contributed by atoms with Gasteiger partial charge < -0.3 is 15.7 Å². The van der Waals surface area contributed by atoms with Crippen LogP contribution in [0.5, 0.6) is 0 Å². The average molecular weight is 456 g/mol. The Labute approximate surface area is 188 Å². The number of aliphatic carboxylic acids is 1. The van der Waals surface area contributed by atoms with Gasteiger partial charge in [-0.25, -0.2) is 0 Å². The lowest BCUT2D eigenvalue weighted by Crippen LogP contribution is -2.34. The molecule has 4 rings (SSSR count). The fourth-order valence-electron chi connectivity index (χ4n) is 3.64. The first-order valence-corrected chi connectivity index (χ1v) is 10.6. The Bertz CT molecular complexity index is 1250. The molecule has 1 aliphatic heterocycles. The Balaban J connectivity index is 1.51. The van der Waals surface area contributed by atoms with Gasteiger partial charge in [-0.15, -0.1) is 0 Å². The van der Waals surface area contributed by atoms with Crippen LogP contribution in [0.2, 0.25) is 0 Å². The molecule has 0 saturated carbocycles. The van der Waals surface area contributed by atoms with Crippen LogP contribution in [0.15, 0.2) is 42.5 Å². The number of carbonyl (C=O) groups is 2. The average Bonchev–Trinajstić information content (AvgIpc) is 3.10. The Morgan fingerprint density at radius 3 is 2.61 bits per heavy atom. The molecule has 0 radical (unpaired) electrons. The van der Waals surface area contributed by atoms with Gasteiger partial charge >= 0.3 is 5.97 Å². The maximum atomic E-state index is 12.9. The first-order chi connectivity index (χ1) is 14.8. The van der Waals surface area contributed by atoms with Crippen molar-refractivity contribution in [2.75, 3.05) is 17.2 Å². The van der Waals surface area contributed by atoms with E-state index in [4.69, 9.17) is 24.4 Å². The van der Waals surface area contributed by atoms with Gasteiger partial charge in [0.1, 0.15) is 0 Å². The van der Waals surface area contributed by atoms with Crippen molar-refractivity contribution in [1.29, 1.82) is 0 Å². The smallest absolute Gasteiger partial charge is 0.310 e. The van der Waals surface area contributed by atoms with E-state index in [0.29, 0.717) is 28.2 Å². The SMILES string of the molecule is CC(C(=O)O)c1ccc2c(c1)CC(C(=O)Nc1cccc(-n3c(=S)[nH][nH]c3=S)c1)CN2. The summed E-state index contributed by atoms with van der Waals surface area (Å²) in [6, 6.07) is 12.9. The second-order valence-electron chi connectivity index (χ2n) is 7.49. The summed E-state index contributed by atoms with van der Waals surface area (Å²) in [7, 11) is 0. The number of nitrogens with zero attached hydrogens (tertiary/aromatic N) is 1. The Hall–Kier alpha value is -3.24. The number of H-pyrrole nitrogens is 2. The quantitative estimate of drug-likeness (QED) is 0.372. The molecule has 10 heteroatoms. The van der Waals surface area contributed by atoms with Gasteiger partial charge in [-0.3, -0.25) is 24.4 Å². The number of carboxylic acids is 1. The van der Waals surface area contributed by atoms with E-state index < -0.39 is 11.9 Å². The molecule has 1 aliphatic rings. The summed E-state index contributed by atoms with van der Waals surface area (Å²) in [4.78, 5) is 24.2. The van der Waals surface area contributed by atoms with Crippen molar-refractivity contribution in [3.05, 3.63) is 63.1 Å². The van der Waals surface area contributed by atoms with Gasteiger partial charge in [0.15, 0.2) is 9.54 Å². The second kappa shape index (κ2) is 8.48. The molecule has 2 atom stereocenters. The number of hydrogen-bond acceptors (Lipinski definition) is 5. The van der Waals surface area contributed by atoms with Gasteiger partial charge in [-0.05, 0) is 73.2 Å². The summed E-state index contributed by atoms with van der Waals surface area (Å²) < 4.78 is 2.55. The molecule has 0 fully saturated rings. The van der Waals surface area contributed by atoms with E-state index in [2.05, 4.69) is 20.8 Å². The number of benzene rings is 2. The highest BCUT2D eigenvalue weighted by Crippen LogP contribution is 2.29. The molecule has 0 aliphatic carbocycles. The predicted octanol–water partition coefficient (Wildman–Crippen LogP) is 4.00. The normalized spacial score (nSPS) is 16.1. The number of carbonyl (C=O) groups excluding carboxylic acids is 1. The molecule has 2 heterocycles. The van der Waals surface area contributed by atoms with Crippen molar-refractivity contribution in [3.8, 4) is 5.69 Å². The number of amides is 1. The molecule has 31 heavy (non-hydrogen) atoms. The maximum absolute atomic E-state index is 12.9. The largest absolute Gasteiger partial charge is 0.481 e. The lowest BCUT2D eigenvalue weighted by atomic mass is 9.89. The number of fused-ring (bicyclic) bond motifs is 1. The van der Waals surface area contributed by atoms with Crippen molar-refractivity contribution in [3.63, 3.8) is 0 Å². The van der Waals surface area contributed by atoms with E-state index in [0.717, 1.165) is 22.5 Å². The maximum Gasteiger partial charge on any atom is 0.310 e. The van der Waals surface area contributed by atoms with Crippen LogP contribution in [-0.4, -0.2) is 38.3 Å². The third-order valence-corrected chi connectivity index (χ3v) is 6.00. The monoisotopic (exact) mass is 455 g/mol. The van der Waals surface area contributed by atoms with Gasteiger partial charge in [0, 0.05) is 17.9 Å². The zero-order valence-electron chi connectivity index (χ0n) is 16.6. The molecule has 0 saturated heterocycles. The molecule has 5 N–H and O–H groups in total. The highest BCUT2D eigenvalue weighted by atomic mass is 32.1. The number of aromatic nitrogens is 3. The predicted molar refractivity (Wildman–Crippen MR) is 123 cm³/mol. The molecule has 160 valence electrons. The summed E-state index contributed by atoms with van der Waals surface area (Å²) in [6.07, 6.45) is 0.530. The molecule has 0 bridgehead atoms. The van der Waals surface area contributed by atoms with Crippen LogP contribution in [0.4, 0.5) is 11.4 Å². The lowest BCUT2D eigenvalue weighted by Gasteiger charge is -2.26. The Kier molecular flexibility index (Phi) is 5.75. The van der Waals surface area contributed by atoms with Crippen LogP contribution in [-0.2, 0) is 16.0 Å². The van der Waals surface area contributed by atoms with E-state index in [9.17, 15) is 14.7 Å². The van der Waals surface area contributed by atoms with Crippen LogP contribution < -0.4 is 10.6 Å². The Morgan fingerprint density at radius 2 is 1.90 bits per heavy atom. The topological polar surface area (TPSA) is 115 Å². The summed E-state index contributed by atoms with van der Waals surface area (Å²) in [5.41, 5.74) is 3.98. The second-order valence-corrected chi connectivity index (χ2v) is 8.27. The van der Waals surface area contributed by atoms with E-state index in [1.165, 1.54) is 0 Å². The van der Waals surface area contributed by atoms with E-state index >= 15 is 0 Å². The number of nitrogens with one attached hydrogen (secondary N) is 4. The Morgan fingerprint density at radius 1 is 1.16 bits per heavy atom. The van der Waals surface area contributed by atoms with Crippen molar-refractivity contribution in [2.45, 2.75) is 19.3 Å². The van der Waals surface area contributed by atoms with Crippen LogP contribution in [0.25, 0.3) is 5.69 Å². The summed E-state index contributed by atoms with van der Waals surface area (Å²) in [5.74, 6) is -1.88. The van der Waals surface area contributed by atoms with Crippen molar-refractivity contribution in [1.82, 2.24) is 14.8 Å². The lowest BCUT2D eigenvalue weighted by molar-refractivity contribution is -0.138. The molecule has 3 aromatic rings. The molecule has 8 nitrogen and oxygen atoms in total. The van der Waals surface area contributed by atoms with E-state index in [-0.39, 0.29) is 11.8 Å². The van der Waals surface area contributed by atoms with Gasteiger partial charge in [-0.2, -0.15) is 0 Å². The standard InChI is InChI=1S/C21H21N5O3S2/c1-11(19(28)29)12-5-6-17-13(7-12)8-14(10-22-17)18(27)23-15-3-2-4-16(9-15)26-20(30)24-25-21(26)31/h2-7,9,11,14,22H,8,10H2,1H3,(H,23,27)(H,24,30)(H,25,31)(H,28,29). The van der Waals surface area contributed by atoms with Gasteiger partial charge in [-0.1, -0.05) is 18.2 Å². The number of anilines is 2. The van der Waals surface area contributed by atoms with Crippen LogP contribution >= 0.6 is 24.4 Å². The molecule has 2 aromatic carbocycles. The van der Waals surface area contributed by atoms with Crippen LogP contribution in [0, 0.1) is 15.5 Å². The van der Waals surface area contributed by atoms with Crippen molar-refractivity contribution < 1.29 is 14.7 Å². The summed E-state index contributed by atoms with van der Waals surface area (Å²) in [5, 5.41) is 21.1. The molecule has 2 unspecified atom stereocenters. The molecular formula is C21H21N5O3S2. The fourth-order valence-corrected chi connectivity index (χ4v) is 4.19. The number of rotatable bonds is 5. The molecule has 1 amide bonds. The van der Waals surface area contributed by atoms with Crippen molar-refractivity contribution >= 4 is 47.7 Å². The molecule has 1 aromatic heterocycles. The van der Waals surface area contributed by atoms with Gasteiger partial charge in [0.2, 0.25) is 5.91 Å². The highest BCUT2D eigenvalue weighted by molar-refractivity contribution is 7.72. The minimum Gasteiger partial charge on any atom is -0.481 e. The number of aromatic amines is 2. The van der Waals surface area contributed by atoms with Gasteiger partial charge in [0.25, 0.3) is 0 Å². The zero-order chi connectivity index (χ0) is 22.1. The van der Waals surface area contributed by atoms with E-state index in [1.807, 2.05) is 36.4 Å². The highest BCUT2D eigenvalue weighted by Gasteiger charge is 2.26. The summed E-state index contributed by atoms with van der Waals surface area (Å²) in [6.45, 7) is 2.15. The minimum atomic E-state index is -0.875. The third kappa shape index (κ3) is 4.30. The van der Waals surface area contributed by atoms with Crippen molar-refractivity contribution in [2.24, 2.45) is 5.92 Å². The minimum absolute atomic E-state index is 0.116. The molecule has 0 spiro atoms. The van der Waals surface area contributed by atoms with Crippen LogP contribution in [0.1, 0.15) is 24.0 Å². The third-order valence-electron chi connectivity index (χ3n) is 5.43. The number of hydrogen-bond donors (Lipinski definition) is 5. The van der Waals surface area contributed by atoms with Gasteiger partial charge in [0.05, 0.1) is 17.5 Å². The van der Waals surface area contributed by atoms with E-state index in [1.54, 1.807) is 17.6 Å². The summed E-state index contributed by atoms with van der Waals surface area (Å²) >= 11 is 10.5. The van der Waals surface area contributed by atoms with Crippen LogP contribution in [0.3, 0.4) is 0 Å². The first kappa shape index (κ1) is 21.0. The number of carboxylic acid groups (broad SMARTS) is 1.